The molecule has 0 radical (unpaired) electrons. The van der Waals surface area contributed by atoms with Gasteiger partial charge in [0.15, 0.2) is 0 Å². The predicted molar refractivity (Wildman–Crippen MR) is 69.1 cm³/mol. The summed E-state index contributed by atoms with van der Waals surface area (Å²) in [6, 6.07) is 0. The smallest absolute Gasteiger partial charge is 0.410 e. The predicted octanol–water partition coefficient (Wildman–Crippen LogP) is 2.34. The van der Waals surface area contributed by atoms with Gasteiger partial charge < -0.3 is 9.64 Å². The highest BCUT2D eigenvalue weighted by Crippen LogP contribution is 2.23. The van der Waals surface area contributed by atoms with Gasteiger partial charge in [0.05, 0.1) is 5.54 Å². The quantitative estimate of drug-likeness (QED) is 0.707. The molecular weight excluding hydrogens is 216 g/mol. The van der Waals surface area contributed by atoms with Crippen LogP contribution in [0, 0.1) is 0 Å². The Labute approximate surface area is 105 Å². The molecule has 0 aromatic rings. The van der Waals surface area contributed by atoms with Crippen molar-refractivity contribution in [3.8, 4) is 0 Å². The number of likely N-dealkylation sites (N-methyl/N-ethyl adjacent to an activating group) is 1. The van der Waals surface area contributed by atoms with Crippen LogP contribution in [0.1, 0.15) is 41.5 Å². The number of amides is 1. The third-order valence-electron chi connectivity index (χ3n) is 3.04. The van der Waals surface area contributed by atoms with Crippen molar-refractivity contribution in [3.05, 3.63) is 0 Å². The highest BCUT2D eigenvalue weighted by molar-refractivity contribution is 5.69. The summed E-state index contributed by atoms with van der Waals surface area (Å²) in [6.45, 7) is 15.7. The van der Waals surface area contributed by atoms with Crippen LogP contribution >= 0.6 is 0 Å². The fourth-order valence-corrected chi connectivity index (χ4v) is 2.18. The van der Waals surface area contributed by atoms with Crippen molar-refractivity contribution in [2.24, 2.45) is 0 Å². The van der Waals surface area contributed by atoms with Crippen molar-refractivity contribution < 1.29 is 9.53 Å². The average molecular weight is 242 g/mol. The molecule has 1 aliphatic heterocycles. The van der Waals surface area contributed by atoms with Gasteiger partial charge in [0.1, 0.15) is 5.60 Å². The van der Waals surface area contributed by atoms with E-state index >= 15 is 0 Å². The van der Waals surface area contributed by atoms with E-state index in [1.807, 2.05) is 25.7 Å². The van der Waals surface area contributed by atoms with E-state index in [0.29, 0.717) is 0 Å². The average Bonchev–Trinajstić information content (AvgIpc) is 2.12. The molecule has 0 aromatic carbocycles. The van der Waals surface area contributed by atoms with Crippen LogP contribution in [0.2, 0.25) is 0 Å². The summed E-state index contributed by atoms with van der Waals surface area (Å²) in [5.41, 5.74) is -0.578. The molecule has 0 unspecified atom stereocenters. The summed E-state index contributed by atoms with van der Waals surface area (Å²) in [6.07, 6.45) is -0.196. The molecule has 1 fully saturated rings. The summed E-state index contributed by atoms with van der Waals surface area (Å²) in [5, 5.41) is 0. The minimum atomic E-state index is -0.422. The van der Waals surface area contributed by atoms with E-state index in [9.17, 15) is 4.79 Å². The molecule has 1 amide bonds. The van der Waals surface area contributed by atoms with Gasteiger partial charge in [-0.25, -0.2) is 4.79 Å². The van der Waals surface area contributed by atoms with Crippen molar-refractivity contribution in [2.45, 2.75) is 52.7 Å². The Morgan fingerprint density at radius 2 is 1.88 bits per heavy atom. The van der Waals surface area contributed by atoms with Gasteiger partial charge in [-0.3, -0.25) is 4.90 Å². The number of hydrogen-bond donors (Lipinski definition) is 0. The van der Waals surface area contributed by atoms with Crippen molar-refractivity contribution in [1.82, 2.24) is 9.80 Å². The zero-order valence-electron chi connectivity index (χ0n) is 12.0. The lowest BCUT2D eigenvalue weighted by molar-refractivity contribution is -0.0221. The molecule has 0 aliphatic carbocycles. The molecule has 4 nitrogen and oxygen atoms in total. The molecule has 0 saturated carbocycles. The molecular formula is C13H26N2O2. The monoisotopic (exact) mass is 242 g/mol. The Hall–Kier alpha value is -0.770. The van der Waals surface area contributed by atoms with Gasteiger partial charge >= 0.3 is 6.09 Å². The van der Waals surface area contributed by atoms with E-state index in [1.54, 1.807) is 0 Å². The van der Waals surface area contributed by atoms with Gasteiger partial charge in [0, 0.05) is 19.6 Å². The first kappa shape index (κ1) is 14.3. The number of nitrogens with zero attached hydrogens (tertiary/aromatic N) is 2. The molecule has 0 aromatic heterocycles. The van der Waals surface area contributed by atoms with Crippen LogP contribution in [-0.2, 0) is 4.74 Å². The lowest BCUT2D eigenvalue weighted by Gasteiger charge is -2.46. The van der Waals surface area contributed by atoms with E-state index in [4.69, 9.17) is 4.74 Å². The Bertz CT molecular complexity index is 282. The first-order valence-electron chi connectivity index (χ1n) is 6.39. The highest BCUT2D eigenvalue weighted by Gasteiger charge is 2.38. The third-order valence-corrected chi connectivity index (χ3v) is 3.04. The van der Waals surface area contributed by atoms with Crippen molar-refractivity contribution in [2.75, 3.05) is 26.2 Å². The molecule has 100 valence electrons. The van der Waals surface area contributed by atoms with Crippen molar-refractivity contribution in [3.63, 3.8) is 0 Å². The van der Waals surface area contributed by atoms with Crippen LogP contribution in [0.5, 0.6) is 0 Å². The fraction of sp³-hybridized carbons (Fsp3) is 0.923. The number of rotatable bonds is 1. The van der Waals surface area contributed by atoms with Crippen LogP contribution in [0.15, 0.2) is 0 Å². The van der Waals surface area contributed by atoms with Crippen molar-refractivity contribution in [1.29, 1.82) is 0 Å². The van der Waals surface area contributed by atoms with Gasteiger partial charge in [0.2, 0.25) is 0 Å². The molecule has 4 heteroatoms. The minimum absolute atomic E-state index is 0.156. The Balaban J connectivity index is 2.68. The number of piperazine rings is 1. The highest BCUT2D eigenvalue weighted by atomic mass is 16.6. The van der Waals surface area contributed by atoms with Crippen LogP contribution in [0.4, 0.5) is 4.79 Å². The first-order valence-corrected chi connectivity index (χ1v) is 6.39. The topological polar surface area (TPSA) is 32.8 Å². The van der Waals surface area contributed by atoms with Crippen LogP contribution in [0.3, 0.4) is 0 Å². The van der Waals surface area contributed by atoms with E-state index in [1.165, 1.54) is 0 Å². The van der Waals surface area contributed by atoms with Crippen LogP contribution in [0.25, 0.3) is 0 Å². The second-order valence-corrected chi connectivity index (χ2v) is 6.31. The van der Waals surface area contributed by atoms with Crippen molar-refractivity contribution >= 4 is 6.09 Å². The Morgan fingerprint density at radius 3 is 2.29 bits per heavy atom. The van der Waals surface area contributed by atoms with Gasteiger partial charge in [-0.2, -0.15) is 0 Å². The SMILES string of the molecule is CCN1CCN(C(=O)OC(C)(C)C)C(C)(C)C1. The zero-order chi connectivity index (χ0) is 13.3. The van der Waals surface area contributed by atoms with Gasteiger partial charge in [-0.1, -0.05) is 6.92 Å². The summed E-state index contributed by atoms with van der Waals surface area (Å²) >= 11 is 0. The fourth-order valence-electron chi connectivity index (χ4n) is 2.18. The van der Waals surface area contributed by atoms with Gasteiger partial charge in [0.25, 0.3) is 0 Å². The lowest BCUT2D eigenvalue weighted by Crippen LogP contribution is -2.61. The molecule has 0 spiro atoms. The van der Waals surface area contributed by atoms with Gasteiger partial charge in [-0.15, -0.1) is 0 Å². The van der Waals surface area contributed by atoms with E-state index < -0.39 is 5.60 Å². The maximum Gasteiger partial charge on any atom is 0.410 e. The van der Waals surface area contributed by atoms with E-state index in [2.05, 4.69) is 25.7 Å². The molecule has 0 N–H and O–H groups in total. The largest absolute Gasteiger partial charge is 0.444 e. The van der Waals surface area contributed by atoms with Gasteiger partial charge in [-0.05, 0) is 41.2 Å². The summed E-state index contributed by atoms with van der Waals surface area (Å²) in [7, 11) is 0. The molecule has 17 heavy (non-hydrogen) atoms. The summed E-state index contributed by atoms with van der Waals surface area (Å²) < 4.78 is 5.45. The maximum absolute atomic E-state index is 12.1. The maximum atomic E-state index is 12.1. The van der Waals surface area contributed by atoms with E-state index in [0.717, 1.165) is 26.2 Å². The molecule has 1 rings (SSSR count). The number of ether oxygens (including phenoxy) is 1. The Morgan fingerprint density at radius 1 is 1.29 bits per heavy atom. The number of hydrogen-bond acceptors (Lipinski definition) is 3. The minimum Gasteiger partial charge on any atom is -0.444 e. The standard InChI is InChI=1S/C13H26N2O2/c1-7-14-8-9-15(13(5,6)10-14)11(16)17-12(2,3)4/h7-10H2,1-6H3. The number of carbonyl (C=O) groups is 1. The molecule has 0 bridgehead atoms. The summed E-state index contributed by atoms with van der Waals surface area (Å²) in [5.74, 6) is 0. The normalized spacial score (nSPS) is 21.4. The molecule has 1 saturated heterocycles. The van der Waals surface area contributed by atoms with Crippen LogP contribution < -0.4 is 0 Å². The lowest BCUT2D eigenvalue weighted by atomic mass is 9.99. The molecule has 1 aliphatic rings. The molecule has 0 atom stereocenters. The van der Waals surface area contributed by atoms with E-state index in [-0.39, 0.29) is 11.6 Å². The van der Waals surface area contributed by atoms with Crippen LogP contribution in [-0.4, -0.2) is 53.2 Å². The first-order chi connectivity index (χ1) is 7.65. The second kappa shape index (κ2) is 4.84. The zero-order valence-corrected chi connectivity index (χ0v) is 12.0. The summed E-state index contributed by atoms with van der Waals surface area (Å²) in [4.78, 5) is 16.3. The Kier molecular flexibility index (Phi) is 4.07. The molecule has 1 heterocycles. The third kappa shape index (κ3) is 3.87. The second-order valence-electron chi connectivity index (χ2n) is 6.31. The number of carbonyl (C=O) groups excluding carboxylic acids is 1.